The van der Waals surface area contributed by atoms with Crippen molar-refractivity contribution in [3.8, 4) is 5.88 Å². The zero-order valence-electron chi connectivity index (χ0n) is 13.7. The van der Waals surface area contributed by atoms with Crippen molar-refractivity contribution in [2.45, 2.75) is 13.3 Å². The molecule has 0 radical (unpaired) electrons. The van der Waals surface area contributed by atoms with Crippen molar-refractivity contribution in [2.24, 2.45) is 0 Å². The summed E-state index contributed by atoms with van der Waals surface area (Å²) >= 11 is 0. The maximum atomic E-state index is 12.5. The summed E-state index contributed by atoms with van der Waals surface area (Å²) in [5.74, 6) is -0.709. The molecular weight excluding hydrogens is 346 g/mol. The minimum atomic E-state index is -2.64. The minimum Gasteiger partial charge on any atom is -0.472 e. The van der Waals surface area contributed by atoms with E-state index in [9.17, 15) is 18.4 Å². The number of carbonyl (C=O) groups excluding carboxylic acids is 1. The van der Waals surface area contributed by atoms with Gasteiger partial charge in [-0.3, -0.25) is 4.79 Å². The minimum absolute atomic E-state index is 0.0636. The van der Waals surface area contributed by atoms with Crippen LogP contribution in [0.1, 0.15) is 15.9 Å². The van der Waals surface area contributed by atoms with Crippen molar-refractivity contribution in [3.05, 3.63) is 64.0 Å². The SMILES string of the molecule is Cc1c(C(=O)Nc2cccc(OCC(F)F)n2)c(=O)oc2ccccc12. The van der Waals surface area contributed by atoms with E-state index in [1.165, 1.54) is 18.2 Å². The highest BCUT2D eigenvalue weighted by Crippen LogP contribution is 2.20. The molecule has 0 aliphatic rings. The quantitative estimate of drug-likeness (QED) is 0.706. The van der Waals surface area contributed by atoms with Gasteiger partial charge in [-0.1, -0.05) is 24.3 Å². The van der Waals surface area contributed by atoms with E-state index in [1.807, 2.05) is 0 Å². The second-order valence-electron chi connectivity index (χ2n) is 5.40. The summed E-state index contributed by atoms with van der Waals surface area (Å²) in [5, 5.41) is 3.09. The smallest absolute Gasteiger partial charge is 0.349 e. The van der Waals surface area contributed by atoms with Crippen LogP contribution in [0.5, 0.6) is 5.88 Å². The van der Waals surface area contributed by atoms with Crippen LogP contribution in [-0.4, -0.2) is 23.9 Å². The van der Waals surface area contributed by atoms with Gasteiger partial charge < -0.3 is 14.5 Å². The van der Waals surface area contributed by atoms with Gasteiger partial charge in [-0.2, -0.15) is 4.98 Å². The van der Waals surface area contributed by atoms with Crippen LogP contribution in [0.15, 0.2) is 51.7 Å². The monoisotopic (exact) mass is 360 g/mol. The normalized spacial score (nSPS) is 10.9. The Hall–Kier alpha value is -3.29. The average molecular weight is 360 g/mol. The fraction of sp³-hybridized carbons (Fsp3) is 0.167. The number of anilines is 1. The molecule has 26 heavy (non-hydrogen) atoms. The molecule has 0 saturated carbocycles. The van der Waals surface area contributed by atoms with Gasteiger partial charge in [0.1, 0.15) is 17.0 Å². The fourth-order valence-corrected chi connectivity index (χ4v) is 2.46. The van der Waals surface area contributed by atoms with Gasteiger partial charge in [0.25, 0.3) is 12.3 Å². The van der Waals surface area contributed by atoms with E-state index in [2.05, 4.69) is 10.3 Å². The fourth-order valence-electron chi connectivity index (χ4n) is 2.46. The molecule has 6 nitrogen and oxygen atoms in total. The maximum absolute atomic E-state index is 12.5. The number of benzene rings is 1. The van der Waals surface area contributed by atoms with Crippen LogP contribution in [-0.2, 0) is 0 Å². The van der Waals surface area contributed by atoms with Gasteiger partial charge in [0.2, 0.25) is 5.88 Å². The average Bonchev–Trinajstić information content (AvgIpc) is 2.60. The van der Waals surface area contributed by atoms with Gasteiger partial charge in [0.05, 0.1) is 0 Å². The third kappa shape index (κ3) is 3.69. The van der Waals surface area contributed by atoms with Crippen molar-refractivity contribution < 1.29 is 22.7 Å². The number of para-hydroxylation sites is 1. The first kappa shape index (κ1) is 17.5. The van der Waals surface area contributed by atoms with Crippen LogP contribution < -0.4 is 15.7 Å². The van der Waals surface area contributed by atoms with E-state index in [0.717, 1.165) is 0 Å². The molecule has 8 heteroatoms. The van der Waals surface area contributed by atoms with Crippen molar-refractivity contribution >= 4 is 22.7 Å². The predicted molar refractivity (Wildman–Crippen MR) is 90.9 cm³/mol. The Bertz CT molecular complexity index is 1020. The van der Waals surface area contributed by atoms with Gasteiger partial charge >= 0.3 is 5.63 Å². The highest BCUT2D eigenvalue weighted by molar-refractivity contribution is 6.06. The summed E-state index contributed by atoms with van der Waals surface area (Å²) in [5.41, 5.74) is -0.0697. The molecule has 2 aromatic heterocycles. The van der Waals surface area contributed by atoms with E-state index in [4.69, 9.17) is 9.15 Å². The van der Waals surface area contributed by atoms with Gasteiger partial charge in [0, 0.05) is 11.5 Å². The zero-order chi connectivity index (χ0) is 18.7. The Labute approximate surface area is 146 Å². The highest BCUT2D eigenvalue weighted by Gasteiger charge is 2.19. The number of ether oxygens (including phenoxy) is 1. The molecule has 1 amide bonds. The first-order valence-electron chi connectivity index (χ1n) is 7.67. The molecule has 0 fully saturated rings. The van der Waals surface area contributed by atoms with Crippen LogP contribution in [0.3, 0.4) is 0 Å². The standard InChI is InChI=1S/C18H14F2N2O4/c1-10-11-5-2-3-6-12(11)26-18(24)16(10)17(23)22-14-7-4-8-15(21-14)25-9-13(19)20/h2-8,13H,9H2,1H3,(H,21,22,23). The Kier molecular flexibility index (Phi) is 4.92. The van der Waals surface area contributed by atoms with Crippen molar-refractivity contribution in [1.82, 2.24) is 4.98 Å². The van der Waals surface area contributed by atoms with Crippen LogP contribution in [0, 0.1) is 6.92 Å². The Morgan fingerprint density at radius 3 is 2.77 bits per heavy atom. The maximum Gasteiger partial charge on any atom is 0.349 e. The number of rotatable bonds is 5. The Morgan fingerprint density at radius 1 is 1.23 bits per heavy atom. The summed E-state index contributed by atoms with van der Waals surface area (Å²) in [6.45, 7) is 0.835. The molecule has 134 valence electrons. The summed E-state index contributed by atoms with van der Waals surface area (Å²) in [7, 11) is 0. The zero-order valence-corrected chi connectivity index (χ0v) is 13.7. The van der Waals surface area contributed by atoms with Crippen LogP contribution in [0.25, 0.3) is 11.0 Å². The molecule has 1 aromatic carbocycles. The first-order chi connectivity index (χ1) is 12.5. The number of nitrogens with one attached hydrogen (secondary N) is 1. The van der Waals surface area contributed by atoms with Gasteiger partial charge in [-0.05, 0) is 24.6 Å². The van der Waals surface area contributed by atoms with E-state index in [0.29, 0.717) is 16.5 Å². The number of halogens is 2. The number of alkyl halides is 2. The highest BCUT2D eigenvalue weighted by atomic mass is 19.3. The summed E-state index contributed by atoms with van der Waals surface area (Å²) < 4.78 is 34.4. The molecule has 0 bridgehead atoms. The third-order valence-corrected chi connectivity index (χ3v) is 3.62. The van der Waals surface area contributed by atoms with Crippen molar-refractivity contribution in [1.29, 1.82) is 0 Å². The number of amides is 1. The topological polar surface area (TPSA) is 81.4 Å². The molecule has 3 rings (SSSR count). The van der Waals surface area contributed by atoms with Gasteiger partial charge in [0.15, 0.2) is 6.61 Å². The van der Waals surface area contributed by atoms with E-state index in [1.54, 1.807) is 31.2 Å². The van der Waals surface area contributed by atoms with Crippen LogP contribution in [0.4, 0.5) is 14.6 Å². The lowest BCUT2D eigenvalue weighted by Crippen LogP contribution is -2.23. The number of pyridine rings is 1. The lowest BCUT2D eigenvalue weighted by Gasteiger charge is -2.09. The molecule has 0 saturated heterocycles. The molecule has 0 unspecified atom stereocenters. The number of fused-ring (bicyclic) bond motifs is 1. The molecule has 2 heterocycles. The second kappa shape index (κ2) is 7.30. The number of hydrogen-bond donors (Lipinski definition) is 1. The third-order valence-electron chi connectivity index (χ3n) is 3.62. The molecule has 1 N–H and O–H groups in total. The first-order valence-corrected chi connectivity index (χ1v) is 7.67. The number of aryl methyl sites for hydroxylation is 1. The number of hydrogen-bond acceptors (Lipinski definition) is 5. The van der Waals surface area contributed by atoms with Gasteiger partial charge in [-0.15, -0.1) is 0 Å². The van der Waals surface area contributed by atoms with E-state index < -0.39 is 24.6 Å². The largest absolute Gasteiger partial charge is 0.472 e. The second-order valence-corrected chi connectivity index (χ2v) is 5.40. The molecule has 0 atom stereocenters. The summed E-state index contributed by atoms with van der Waals surface area (Å²) in [4.78, 5) is 28.6. The molecule has 0 spiro atoms. The van der Waals surface area contributed by atoms with Crippen molar-refractivity contribution in [2.75, 3.05) is 11.9 Å². The number of carbonyl (C=O) groups is 1. The molecule has 0 aliphatic carbocycles. The number of aromatic nitrogens is 1. The lowest BCUT2D eigenvalue weighted by atomic mass is 10.1. The molecule has 3 aromatic rings. The lowest BCUT2D eigenvalue weighted by molar-refractivity contribution is 0.0796. The van der Waals surface area contributed by atoms with Gasteiger partial charge in [-0.25, -0.2) is 13.6 Å². The van der Waals surface area contributed by atoms with Crippen LogP contribution in [0.2, 0.25) is 0 Å². The molecular formula is C18H14F2N2O4. The molecule has 0 aliphatic heterocycles. The van der Waals surface area contributed by atoms with E-state index >= 15 is 0 Å². The summed E-state index contributed by atoms with van der Waals surface area (Å²) in [6.07, 6.45) is -2.64. The Morgan fingerprint density at radius 2 is 2.00 bits per heavy atom. The van der Waals surface area contributed by atoms with E-state index in [-0.39, 0.29) is 17.3 Å². The van der Waals surface area contributed by atoms with Crippen molar-refractivity contribution in [3.63, 3.8) is 0 Å². The van der Waals surface area contributed by atoms with Crippen LogP contribution >= 0.6 is 0 Å². The predicted octanol–water partition coefficient (Wildman–Crippen LogP) is 3.39. The number of nitrogens with zero attached hydrogens (tertiary/aromatic N) is 1. The summed E-state index contributed by atoms with van der Waals surface area (Å²) in [6, 6.07) is 11.2. The Balaban J connectivity index is 1.88.